The second kappa shape index (κ2) is 3.54. The topological polar surface area (TPSA) is 36.9 Å². The van der Waals surface area contributed by atoms with E-state index in [1.165, 1.54) is 0 Å². The predicted octanol–water partition coefficient (Wildman–Crippen LogP) is 0.0548. The summed E-state index contributed by atoms with van der Waals surface area (Å²) in [5.41, 5.74) is 0. The van der Waals surface area contributed by atoms with Crippen LogP contribution in [0.15, 0.2) is 4.99 Å². The minimum Gasteiger partial charge on any atom is -0.460 e. The van der Waals surface area contributed by atoms with Crippen LogP contribution in [0.5, 0.6) is 0 Å². The minimum absolute atomic E-state index is 0.241. The highest BCUT2D eigenvalue weighted by Gasteiger charge is 2.27. The molecule has 0 aliphatic carbocycles. The third-order valence-corrected chi connectivity index (χ3v) is 2.67. The normalized spacial score (nSPS) is 34.3. The highest BCUT2D eigenvalue weighted by atomic mass is 16.5. The number of rotatable bonds is 0. The van der Waals surface area contributed by atoms with Crippen LogP contribution in [-0.4, -0.2) is 49.2 Å². The van der Waals surface area contributed by atoms with Crippen molar-refractivity contribution in [2.24, 2.45) is 4.99 Å². The molecular weight excluding hydrogens is 166 g/mol. The molecule has 74 valence electrons. The van der Waals surface area contributed by atoms with Gasteiger partial charge in [0.1, 0.15) is 6.10 Å². The third-order valence-electron chi connectivity index (χ3n) is 2.67. The molecule has 2 heterocycles. The lowest BCUT2D eigenvalue weighted by Gasteiger charge is -2.28. The van der Waals surface area contributed by atoms with Crippen molar-refractivity contribution in [3.63, 3.8) is 0 Å². The summed E-state index contributed by atoms with van der Waals surface area (Å²) < 4.78 is 5.66. The fourth-order valence-electron chi connectivity index (χ4n) is 1.59. The summed E-state index contributed by atoms with van der Waals surface area (Å²) in [4.78, 5) is 6.70. The van der Waals surface area contributed by atoms with Gasteiger partial charge in [-0.05, 0) is 13.8 Å². The number of aliphatic imine (C=N–C) groups is 1. The third kappa shape index (κ3) is 1.77. The molecule has 0 spiro atoms. The van der Waals surface area contributed by atoms with Crippen LogP contribution in [0.25, 0.3) is 0 Å². The highest BCUT2D eigenvalue weighted by Crippen LogP contribution is 2.14. The van der Waals surface area contributed by atoms with Gasteiger partial charge in [-0.1, -0.05) is 0 Å². The molecule has 2 aliphatic rings. The average molecular weight is 183 g/mol. The molecular formula is C9H17N3O. The minimum atomic E-state index is 0.241. The first-order valence-corrected chi connectivity index (χ1v) is 4.97. The second-order valence-electron chi connectivity index (χ2n) is 3.71. The van der Waals surface area contributed by atoms with Crippen LogP contribution >= 0.6 is 0 Å². The van der Waals surface area contributed by atoms with Crippen LogP contribution in [0.4, 0.5) is 0 Å². The summed E-state index contributed by atoms with van der Waals surface area (Å²) >= 11 is 0. The number of amidine groups is 1. The van der Waals surface area contributed by atoms with Gasteiger partial charge < -0.3 is 15.0 Å². The maximum Gasteiger partial charge on any atom is 0.288 e. The Bertz CT molecular complexity index is 211. The molecule has 0 radical (unpaired) electrons. The van der Waals surface area contributed by atoms with Crippen molar-refractivity contribution >= 4 is 6.02 Å². The first-order valence-electron chi connectivity index (χ1n) is 4.97. The van der Waals surface area contributed by atoms with Gasteiger partial charge >= 0.3 is 0 Å². The predicted molar refractivity (Wildman–Crippen MR) is 51.9 cm³/mol. The quantitative estimate of drug-likeness (QED) is 0.577. The number of hydrogen-bond donors (Lipinski definition) is 1. The summed E-state index contributed by atoms with van der Waals surface area (Å²) in [7, 11) is 0. The van der Waals surface area contributed by atoms with Gasteiger partial charge in [0.15, 0.2) is 0 Å². The summed E-state index contributed by atoms with van der Waals surface area (Å²) in [6, 6.07) is 1.16. The van der Waals surface area contributed by atoms with E-state index < -0.39 is 0 Å². The molecule has 0 amide bonds. The molecule has 1 saturated heterocycles. The smallest absolute Gasteiger partial charge is 0.288 e. The van der Waals surface area contributed by atoms with E-state index in [0.29, 0.717) is 6.04 Å². The van der Waals surface area contributed by atoms with Gasteiger partial charge in [0.25, 0.3) is 6.02 Å². The lowest BCUT2D eigenvalue weighted by Crippen LogP contribution is -2.46. The highest BCUT2D eigenvalue weighted by molar-refractivity contribution is 5.76. The zero-order chi connectivity index (χ0) is 9.26. The molecule has 2 atom stereocenters. The molecule has 4 nitrogen and oxygen atoms in total. The summed E-state index contributed by atoms with van der Waals surface area (Å²) in [6.07, 6.45) is 0.241. The number of hydrogen-bond acceptors (Lipinski definition) is 4. The first kappa shape index (κ1) is 8.81. The van der Waals surface area contributed by atoms with E-state index in [1.54, 1.807) is 0 Å². The van der Waals surface area contributed by atoms with Crippen molar-refractivity contribution in [1.82, 2.24) is 10.2 Å². The Hall–Kier alpha value is -0.770. The molecule has 0 bridgehead atoms. The van der Waals surface area contributed by atoms with Crippen LogP contribution in [0.3, 0.4) is 0 Å². The summed E-state index contributed by atoms with van der Waals surface area (Å²) in [5, 5.41) is 3.31. The van der Waals surface area contributed by atoms with Gasteiger partial charge in [-0.15, -0.1) is 0 Å². The maximum absolute atomic E-state index is 5.66. The molecule has 0 aromatic carbocycles. The Kier molecular flexibility index (Phi) is 2.40. The fraction of sp³-hybridized carbons (Fsp3) is 0.889. The van der Waals surface area contributed by atoms with E-state index in [9.17, 15) is 0 Å². The maximum atomic E-state index is 5.66. The number of nitrogens with one attached hydrogen (secondary N) is 1. The van der Waals surface area contributed by atoms with E-state index in [4.69, 9.17) is 4.74 Å². The summed E-state index contributed by atoms with van der Waals surface area (Å²) in [6.45, 7) is 8.26. The SMILES string of the molecule is CC1N=C(N2CCNCC2)OC1C. The van der Waals surface area contributed by atoms with Gasteiger partial charge in [-0.3, -0.25) is 0 Å². The Morgan fingerprint density at radius 1 is 1.38 bits per heavy atom. The lowest BCUT2D eigenvalue weighted by atomic mass is 10.2. The number of nitrogens with zero attached hydrogens (tertiary/aromatic N) is 2. The van der Waals surface area contributed by atoms with Crippen LogP contribution < -0.4 is 5.32 Å². The van der Waals surface area contributed by atoms with Gasteiger partial charge in [0.05, 0.1) is 6.04 Å². The lowest BCUT2D eigenvalue weighted by molar-refractivity contribution is 0.174. The monoisotopic (exact) mass is 183 g/mol. The molecule has 4 heteroatoms. The first-order chi connectivity index (χ1) is 6.27. The Balaban J connectivity index is 1.97. The van der Waals surface area contributed by atoms with Crippen molar-refractivity contribution in [3.05, 3.63) is 0 Å². The average Bonchev–Trinajstić information content (AvgIpc) is 2.49. The van der Waals surface area contributed by atoms with E-state index in [1.807, 2.05) is 0 Å². The van der Waals surface area contributed by atoms with E-state index in [2.05, 4.69) is 29.1 Å². The fourth-order valence-corrected chi connectivity index (χ4v) is 1.59. The van der Waals surface area contributed by atoms with Crippen LogP contribution in [-0.2, 0) is 4.74 Å². The Labute approximate surface area is 79.0 Å². The van der Waals surface area contributed by atoms with Crippen LogP contribution in [0.1, 0.15) is 13.8 Å². The van der Waals surface area contributed by atoms with Gasteiger partial charge in [-0.25, -0.2) is 4.99 Å². The Morgan fingerprint density at radius 3 is 2.62 bits per heavy atom. The van der Waals surface area contributed by atoms with Crippen LogP contribution in [0.2, 0.25) is 0 Å². The van der Waals surface area contributed by atoms with E-state index in [0.717, 1.165) is 32.2 Å². The molecule has 0 aromatic rings. The largest absolute Gasteiger partial charge is 0.460 e. The second-order valence-corrected chi connectivity index (χ2v) is 3.71. The van der Waals surface area contributed by atoms with Gasteiger partial charge in [0, 0.05) is 26.2 Å². The summed E-state index contributed by atoms with van der Waals surface area (Å²) in [5.74, 6) is 0. The standard InChI is InChI=1S/C9H17N3O/c1-7-8(2)13-9(11-7)12-5-3-10-4-6-12/h7-8,10H,3-6H2,1-2H3. The van der Waals surface area contributed by atoms with E-state index in [-0.39, 0.29) is 6.10 Å². The van der Waals surface area contributed by atoms with Crippen molar-refractivity contribution in [2.75, 3.05) is 26.2 Å². The molecule has 1 N–H and O–H groups in total. The van der Waals surface area contributed by atoms with Crippen LogP contribution in [0, 0.1) is 0 Å². The molecule has 13 heavy (non-hydrogen) atoms. The van der Waals surface area contributed by atoms with Gasteiger partial charge in [-0.2, -0.15) is 0 Å². The van der Waals surface area contributed by atoms with Crippen molar-refractivity contribution in [2.45, 2.75) is 26.0 Å². The van der Waals surface area contributed by atoms with Crippen molar-refractivity contribution in [3.8, 4) is 0 Å². The van der Waals surface area contributed by atoms with Crippen molar-refractivity contribution in [1.29, 1.82) is 0 Å². The Morgan fingerprint density at radius 2 is 2.08 bits per heavy atom. The molecule has 0 aromatic heterocycles. The molecule has 2 aliphatic heterocycles. The molecule has 0 saturated carbocycles. The zero-order valence-corrected chi connectivity index (χ0v) is 8.29. The zero-order valence-electron chi connectivity index (χ0n) is 8.29. The molecule has 2 unspecified atom stereocenters. The number of ether oxygens (including phenoxy) is 1. The van der Waals surface area contributed by atoms with E-state index >= 15 is 0 Å². The molecule has 2 rings (SSSR count). The van der Waals surface area contributed by atoms with Gasteiger partial charge in [0.2, 0.25) is 0 Å². The molecule has 1 fully saturated rings. The number of piperazine rings is 1. The van der Waals surface area contributed by atoms with Crippen molar-refractivity contribution < 1.29 is 4.74 Å².